The zero-order valence-electron chi connectivity index (χ0n) is 13.1. The van der Waals surface area contributed by atoms with E-state index in [0.29, 0.717) is 6.61 Å². The molecule has 0 spiro atoms. The molecule has 0 saturated heterocycles. The van der Waals surface area contributed by atoms with E-state index in [-0.39, 0.29) is 17.0 Å². The summed E-state index contributed by atoms with van der Waals surface area (Å²) in [4.78, 5) is 4.52. The number of rotatable bonds is 6. The summed E-state index contributed by atoms with van der Waals surface area (Å²) in [6.07, 6.45) is 1.76. The summed E-state index contributed by atoms with van der Waals surface area (Å²) in [5.41, 5.74) is 6.03. The molecular formula is C18H17BrN3OS-. The highest BCUT2D eigenvalue weighted by Crippen LogP contribution is 2.24. The van der Waals surface area contributed by atoms with Gasteiger partial charge in [-0.15, -0.1) is 11.3 Å². The number of ether oxygens (including phenoxy) is 1. The second kappa shape index (κ2) is 9.20. The van der Waals surface area contributed by atoms with E-state index in [9.17, 15) is 0 Å². The molecule has 24 heavy (non-hydrogen) atoms. The summed E-state index contributed by atoms with van der Waals surface area (Å²) < 4.78 is 5.41. The van der Waals surface area contributed by atoms with Crippen LogP contribution in [0, 0.1) is 0 Å². The number of halogens is 1. The molecule has 0 bridgehead atoms. The van der Waals surface area contributed by atoms with Crippen molar-refractivity contribution in [2.45, 2.75) is 6.92 Å². The Morgan fingerprint density at radius 2 is 1.88 bits per heavy atom. The van der Waals surface area contributed by atoms with Gasteiger partial charge in [-0.3, -0.25) is 5.43 Å². The molecule has 0 atom stereocenters. The molecule has 1 N–H and O–H groups in total. The van der Waals surface area contributed by atoms with Gasteiger partial charge >= 0.3 is 0 Å². The van der Waals surface area contributed by atoms with E-state index in [1.807, 2.05) is 66.9 Å². The molecule has 0 unspecified atom stereocenters. The van der Waals surface area contributed by atoms with E-state index >= 15 is 0 Å². The number of anilines is 1. The Kier molecular flexibility index (Phi) is 6.96. The van der Waals surface area contributed by atoms with Crippen LogP contribution in [0.1, 0.15) is 12.5 Å². The molecule has 0 fully saturated rings. The maximum atomic E-state index is 5.41. The highest BCUT2D eigenvalue weighted by Gasteiger charge is 2.02. The van der Waals surface area contributed by atoms with Crippen molar-refractivity contribution >= 4 is 22.7 Å². The minimum Gasteiger partial charge on any atom is -1.00 e. The molecule has 1 aromatic heterocycles. The normalized spacial score (nSPS) is 10.4. The number of aromatic nitrogens is 1. The number of nitrogens with one attached hydrogen (secondary N) is 1. The Morgan fingerprint density at radius 1 is 1.12 bits per heavy atom. The standard InChI is InChI=1S/C18H17N3OS.BrH/c1-2-22-16-10-8-14(9-11-16)12-19-21-18-20-17(13-23-18)15-6-4-3-5-7-15;/h3-13H,2H2,1H3,(H,20,21);1H/p-1/b19-12+;. The molecule has 0 aliphatic carbocycles. The first-order valence-corrected chi connectivity index (χ1v) is 8.26. The number of hydrogen-bond acceptors (Lipinski definition) is 5. The molecule has 0 aliphatic heterocycles. The van der Waals surface area contributed by atoms with Crippen LogP contribution in [0.5, 0.6) is 5.75 Å². The van der Waals surface area contributed by atoms with Gasteiger partial charge in [0.25, 0.3) is 0 Å². The molecule has 0 radical (unpaired) electrons. The van der Waals surface area contributed by atoms with Crippen molar-refractivity contribution in [2.24, 2.45) is 5.10 Å². The number of hydrazone groups is 1. The average Bonchev–Trinajstić information content (AvgIpc) is 3.06. The maximum Gasteiger partial charge on any atom is 0.203 e. The van der Waals surface area contributed by atoms with E-state index in [1.165, 1.54) is 11.3 Å². The minimum atomic E-state index is 0. The number of hydrogen-bond donors (Lipinski definition) is 1. The van der Waals surface area contributed by atoms with Crippen LogP contribution in [0.3, 0.4) is 0 Å². The Labute approximate surface area is 156 Å². The molecule has 124 valence electrons. The fourth-order valence-electron chi connectivity index (χ4n) is 2.05. The topological polar surface area (TPSA) is 46.5 Å². The largest absolute Gasteiger partial charge is 1.00 e. The van der Waals surface area contributed by atoms with E-state index in [2.05, 4.69) is 15.5 Å². The molecule has 3 rings (SSSR count). The van der Waals surface area contributed by atoms with E-state index in [4.69, 9.17) is 4.74 Å². The first-order chi connectivity index (χ1) is 11.3. The van der Waals surface area contributed by atoms with Crippen molar-refractivity contribution < 1.29 is 21.7 Å². The summed E-state index contributed by atoms with van der Waals surface area (Å²) in [6.45, 7) is 2.64. The van der Waals surface area contributed by atoms with Crippen molar-refractivity contribution in [2.75, 3.05) is 12.0 Å². The smallest absolute Gasteiger partial charge is 0.203 e. The molecule has 3 aromatic rings. The van der Waals surface area contributed by atoms with Gasteiger partial charge in [0.2, 0.25) is 5.13 Å². The molecular weight excluding hydrogens is 386 g/mol. The summed E-state index contributed by atoms with van der Waals surface area (Å²) in [6, 6.07) is 17.9. The average molecular weight is 403 g/mol. The minimum absolute atomic E-state index is 0. The Balaban J connectivity index is 0.00000208. The zero-order valence-corrected chi connectivity index (χ0v) is 15.5. The molecule has 6 heteroatoms. The predicted molar refractivity (Wildman–Crippen MR) is 96.4 cm³/mol. The fourth-order valence-corrected chi connectivity index (χ4v) is 2.71. The fraction of sp³-hybridized carbons (Fsp3) is 0.111. The lowest BCUT2D eigenvalue weighted by molar-refractivity contribution is -0.00000511. The van der Waals surface area contributed by atoms with Crippen LogP contribution in [0.25, 0.3) is 11.3 Å². The Hall–Kier alpha value is -2.18. The molecule has 4 nitrogen and oxygen atoms in total. The third kappa shape index (κ3) is 4.91. The SMILES string of the molecule is CCOc1ccc(/C=N/Nc2nc(-c3ccccc3)cs2)cc1.[Br-]. The van der Waals surface area contributed by atoms with Gasteiger partial charge in [-0.05, 0) is 36.8 Å². The number of thiazole rings is 1. The highest BCUT2D eigenvalue weighted by molar-refractivity contribution is 7.14. The predicted octanol–water partition coefficient (Wildman–Crippen LogP) is 1.66. The van der Waals surface area contributed by atoms with Gasteiger partial charge in [0, 0.05) is 10.9 Å². The van der Waals surface area contributed by atoms with Crippen LogP contribution in [0.4, 0.5) is 5.13 Å². The number of nitrogens with zero attached hydrogens (tertiary/aromatic N) is 2. The van der Waals surface area contributed by atoms with Crippen molar-refractivity contribution in [3.63, 3.8) is 0 Å². The lowest BCUT2D eigenvalue weighted by Crippen LogP contribution is -3.00. The number of benzene rings is 2. The lowest BCUT2D eigenvalue weighted by Gasteiger charge is -2.02. The van der Waals surface area contributed by atoms with Gasteiger partial charge in [0.1, 0.15) is 5.75 Å². The monoisotopic (exact) mass is 402 g/mol. The van der Waals surface area contributed by atoms with Crippen LogP contribution in [0.2, 0.25) is 0 Å². The third-order valence-electron chi connectivity index (χ3n) is 3.14. The highest BCUT2D eigenvalue weighted by atomic mass is 79.9. The zero-order chi connectivity index (χ0) is 15.9. The quantitative estimate of drug-likeness (QED) is 0.503. The van der Waals surface area contributed by atoms with Gasteiger partial charge in [0.15, 0.2) is 0 Å². The summed E-state index contributed by atoms with van der Waals surface area (Å²) in [5, 5.41) is 7.01. The molecule has 0 saturated carbocycles. The van der Waals surface area contributed by atoms with Crippen LogP contribution < -0.4 is 27.1 Å². The van der Waals surface area contributed by atoms with Gasteiger partial charge < -0.3 is 21.7 Å². The van der Waals surface area contributed by atoms with Crippen molar-refractivity contribution in [3.8, 4) is 17.0 Å². The van der Waals surface area contributed by atoms with Gasteiger partial charge in [0.05, 0.1) is 18.5 Å². The first kappa shape index (κ1) is 18.2. The van der Waals surface area contributed by atoms with Crippen LogP contribution in [0.15, 0.2) is 65.1 Å². The summed E-state index contributed by atoms with van der Waals surface area (Å²) in [5.74, 6) is 0.866. The van der Waals surface area contributed by atoms with Crippen molar-refractivity contribution in [1.29, 1.82) is 0 Å². The van der Waals surface area contributed by atoms with Crippen molar-refractivity contribution in [3.05, 3.63) is 65.5 Å². The third-order valence-corrected chi connectivity index (χ3v) is 3.89. The van der Waals surface area contributed by atoms with Gasteiger partial charge in [-0.1, -0.05) is 30.3 Å². The summed E-state index contributed by atoms with van der Waals surface area (Å²) in [7, 11) is 0. The first-order valence-electron chi connectivity index (χ1n) is 7.38. The Morgan fingerprint density at radius 3 is 2.58 bits per heavy atom. The summed E-state index contributed by atoms with van der Waals surface area (Å²) >= 11 is 1.53. The van der Waals surface area contributed by atoms with E-state index in [1.54, 1.807) is 6.21 Å². The van der Waals surface area contributed by atoms with E-state index < -0.39 is 0 Å². The molecule has 2 aromatic carbocycles. The van der Waals surface area contributed by atoms with Gasteiger partial charge in [-0.25, -0.2) is 4.98 Å². The molecule has 0 aliphatic rings. The second-order valence-electron chi connectivity index (χ2n) is 4.78. The van der Waals surface area contributed by atoms with Crippen LogP contribution in [-0.4, -0.2) is 17.8 Å². The van der Waals surface area contributed by atoms with E-state index in [0.717, 1.165) is 27.7 Å². The van der Waals surface area contributed by atoms with Crippen LogP contribution >= 0.6 is 11.3 Å². The molecule has 1 heterocycles. The lowest BCUT2D eigenvalue weighted by atomic mass is 10.2. The van der Waals surface area contributed by atoms with Gasteiger partial charge in [-0.2, -0.15) is 5.10 Å². The maximum absolute atomic E-state index is 5.41. The van der Waals surface area contributed by atoms with Crippen LogP contribution in [-0.2, 0) is 0 Å². The van der Waals surface area contributed by atoms with Crippen molar-refractivity contribution in [1.82, 2.24) is 4.98 Å². The molecule has 0 amide bonds. The Bertz CT molecular complexity index is 772. The second-order valence-corrected chi connectivity index (χ2v) is 5.63.